The van der Waals surface area contributed by atoms with Crippen molar-refractivity contribution in [3.8, 4) is 0 Å². The van der Waals surface area contributed by atoms with Crippen molar-refractivity contribution in [3.05, 3.63) is 0 Å². The monoisotopic (exact) mass is 276 g/mol. The van der Waals surface area contributed by atoms with E-state index >= 15 is 0 Å². The van der Waals surface area contributed by atoms with E-state index in [4.69, 9.17) is 4.74 Å². The molecule has 2 aliphatic rings. The quantitative estimate of drug-likeness (QED) is 0.821. The standard InChI is InChI=1S/C13H24N2O2.ClH/c1-10(11-5-3-2-4-6-11)15-13(16)12-9-14-7-8-17-12;/h10-12,14H,2-9H2,1H3,(H,15,16);1H. The second-order valence-corrected chi connectivity index (χ2v) is 5.26. The lowest BCUT2D eigenvalue weighted by Gasteiger charge is -2.30. The van der Waals surface area contributed by atoms with E-state index in [0.717, 1.165) is 6.54 Å². The second kappa shape index (κ2) is 7.97. The van der Waals surface area contributed by atoms with Crippen molar-refractivity contribution in [2.75, 3.05) is 19.7 Å². The minimum absolute atomic E-state index is 0. The lowest BCUT2D eigenvalue weighted by atomic mass is 9.84. The maximum atomic E-state index is 12.0. The molecule has 106 valence electrons. The van der Waals surface area contributed by atoms with Crippen LogP contribution in [0.4, 0.5) is 0 Å². The highest BCUT2D eigenvalue weighted by molar-refractivity contribution is 5.85. The zero-order chi connectivity index (χ0) is 12.1. The van der Waals surface area contributed by atoms with Crippen LogP contribution in [-0.2, 0) is 9.53 Å². The number of rotatable bonds is 3. The smallest absolute Gasteiger partial charge is 0.250 e. The molecule has 0 spiro atoms. The first-order valence-electron chi connectivity index (χ1n) is 6.90. The van der Waals surface area contributed by atoms with Crippen LogP contribution < -0.4 is 10.6 Å². The molecule has 0 aromatic rings. The van der Waals surface area contributed by atoms with Crippen LogP contribution in [0.3, 0.4) is 0 Å². The number of hydrogen-bond donors (Lipinski definition) is 2. The minimum Gasteiger partial charge on any atom is -0.366 e. The number of morpholine rings is 1. The third kappa shape index (κ3) is 4.41. The number of ether oxygens (including phenoxy) is 1. The molecule has 2 atom stereocenters. The van der Waals surface area contributed by atoms with E-state index in [2.05, 4.69) is 17.6 Å². The normalized spacial score (nSPS) is 27.1. The molecule has 2 fully saturated rings. The van der Waals surface area contributed by atoms with E-state index in [-0.39, 0.29) is 30.5 Å². The van der Waals surface area contributed by atoms with Crippen molar-refractivity contribution in [1.82, 2.24) is 10.6 Å². The van der Waals surface area contributed by atoms with Crippen LogP contribution >= 0.6 is 12.4 Å². The first-order chi connectivity index (χ1) is 8.27. The van der Waals surface area contributed by atoms with Gasteiger partial charge in [-0.1, -0.05) is 19.3 Å². The summed E-state index contributed by atoms with van der Waals surface area (Å²) in [5.74, 6) is 0.708. The molecule has 1 amide bonds. The van der Waals surface area contributed by atoms with Gasteiger partial charge < -0.3 is 15.4 Å². The highest BCUT2D eigenvalue weighted by Crippen LogP contribution is 2.26. The summed E-state index contributed by atoms with van der Waals surface area (Å²) >= 11 is 0. The van der Waals surface area contributed by atoms with Gasteiger partial charge in [0, 0.05) is 19.1 Å². The first-order valence-corrected chi connectivity index (χ1v) is 6.90. The number of amides is 1. The van der Waals surface area contributed by atoms with Gasteiger partial charge in [-0.3, -0.25) is 4.79 Å². The lowest BCUT2D eigenvalue weighted by molar-refractivity contribution is -0.135. The van der Waals surface area contributed by atoms with Crippen LogP contribution in [0, 0.1) is 5.92 Å². The first kappa shape index (κ1) is 15.7. The lowest BCUT2D eigenvalue weighted by Crippen LogP contribution is -2.51. The van der Waals surface area contributed by atoms with Gasteiger partial charge in [-0.15, -0.1) is 12.4 Å². The molecule has 5 heteroatoms. The van der Waals surface area contributed by atoms with Gasteiger partial charge in [0.25, 0.3) is 5.91 Å². The molecular weight excluding hydrogens is 252 g/mol. The zero-order valence-corrected chi connectivity index (χ0v) is 11.9. The summed E-state index contributed by atoms with van der Waals surface area (Å²) in [7, 11) is 0. The minimum atomic E-state index is -0.296. The van der Waals surface area contributed by atoms with E-state index < -0.39 is 0 Å². The van der Waals surface area contributed by atoms with Crippen LogP contribution in [0.1, 0.15) is 39.0 Å². The summed E-state index contributed by atoms with van der Waals surface area (Å²) in [4.78, 5) is 12.0. The Kier molecular flexibility index (Phi) is 6.97. The van der Waals surface area contributed by atoms with E-state index in [1.807, 2.05) is 0 Å². The van der Waals surface area contributed by atoms with Gasteiger partial charge in [-0.05, 0) is 25.7 Å². The molecule has 0 aromatic carbocycles. The molecule has 1 saturated carbocycles. The van der Waals surface area contributed by atoms with Crippen LogP contribution in [0.15, 0.2) is 0 Å². The Bertz CT molecular complexity index is 251. The number of halogens is 1. The molecular formula is C13H25ClN2O2. The number of carbonyl (C=O) groups excluding carboxylic acids is 1. The fourth-order valence-electron chi connectivity index (χ4n) is 2.80. The molecule has 2 N–H and O–H groups in total. The molecule has 0 aromatic heterocycles. The predicted octanol–water partition coefficient (Wildman–Crippen LogP) is 1.48. The van der Waals surface area contributed by atoms with Gasteiger partial charge in [0.05, 0.1) is 6.61 Å². The Morgan fingerprint density at radius 1 is 1.33 bits per heavy atom. The van der Waals surface area contributed by atoms with Crippen molar-refractivity contribution in [3.63, 3.8) is 0 Å². The average Bonchev–Trinajstić information content (AvgIpc) is 2.40. The topological polar surface area (TPSA) is 50.4 Å². The highest BCUT2D eigenvalue weighted by atomic mass is 35.5. The van der Waals surface area contributed by atoms with Gasteiger partial charge in [0.2, 0.25) is 0 Å². The van der Waals surface area contributed by atoms with E-state index in [0.29, 0.717) is 19.1 Å². The van der Waals surface area contributed by atoms with Gasteiger partial charge in [-0.2, -0.15) is 0 Å². The molecule has 1 heterocycles. The fraction of sp³-hybridized carbons (Fsp3) is 0.923. The van der Waals surface area contributed by atoms with Gasteiger partial charge in [0.15, 0.2) is 0 Å². The van der Waals surface area contributed by atoms with Crippen LogP contribution in [0.2, 0.25) is 0 Å². The van der Waals surface area contributed by atoms with Gasteiger partial charge in [0.1, 0.15) is 6.10 Å². The molecule has 4 nitrogen and oxygen atoms in total. The molecule has 1 saturated heterocycles. The van der Waals surface area contributed by atoms with Crippen molar-refractivity contribution in [2.24, 2.45) is 5.92 Å². The fourth-order valence-corrected chi connectivity index (χ4v) is 2.80. The summed E-state index contributed by atoms with van der Waals surface area (Å²) in [6, 6.07) is 0.285. The van der Waals surface area contributed by atoms with E-state index in [9.17, 15) is 4.79 Å². The third-order valence-corrected chi connectivity index (χ3v) is 3.95. The molecule has 0 radical (unpaired) electrons. The van der Waals surface area contributed by atoms with Gasteiger partial charge >= 0.3 is 0 Å². The summed E-state index contributed by atoms with van der Waals surface area (Å²) in [5, 5.41) is 6.30. The SMILES string of the molecule is CC(NC(=O)C1CNCCO1)C1CCCCC1.Cl. The Morgan fingerprint density at radius 3 is 2.67 bits per heavy atom. The predicted molar refractivity (Wildman–Crippen MR) is 74.0 cm³/mol. The Morgan fingerprint density at radius 2 is 2.06 bits per heavy atom. The Balaban J connectivity index is 0.00000162. The molecule has 2 unspecified atom stereocenters. The second-order valence-electron chi connectivity index (χ2n) is 5.26. The average molecular weight is 277 g/mol. The Hall–Kier alpha value is -0.320. The number of hydrogen-bond acceptors (Lipinski definition) is 3. The number of carbonyl (C=O) groups is 1. The van der Waals surface area contributed by atoms with E-state index in [1.165, 1.54) is 32.1 Å². The van der Waals surface area contributed by atoms with Crippen molar-refractivity contribution < 1.29 is 9.53 Å². The Labute approximate surface area is 116 Å². The molecule has 1 aliphatic heterocycles. The van der Waals surface area contributed by atoms with Crippen molar-refractivity contribution in [1.29, 1.82) is 0 Å². The molecule has 0 bridgehead atoms. The van der Waals surface area contributed by atoms with E-state index in [1.54, 1.807) is 0 Å². The largest absolute Gasteiger partial charge is 0.366 e. The summed E-state index contributed by atoms with van der Waals surface area (Å²) in [5.41, 5.74) is 0. The molecule has 1 aliphatic carbocycles. The van der Waals surface area contributed by atoms with Crippen molar-refractivity contribution >= 4 is 18.3 Å². The zero-order valence-electron chi connectivity index (χ0n) is 11.1. The molecule has 18 heavy (non-hydrogen) atoms. The maximum Gasteiger partial charge on any atom is 0.250 e. The highest BCUT2D eigenvalue weighted by Gasteiger charge is 2.26. The van der Waals surface area contributed by atoms with Crippen LogP contribution in [-0.4, -0.2) is 37.7 Å². The van der Waals surface area contributed by atoms with Gasteiger partial charge in [-0.25, -0.2) is 0 Å². The molecule has 2 rings (SSSR count). The van der Waals surface area contributed by atoms with Crippen LogP contribution in [0.25, 0.3) is 0 Å². The summed E-state index contributed by atoms with van der Waals surface area (Å²) in [6.07, 6.45) is 6.19. The summed E-state index contributed by atoms with van der Waals surface area (Å²) in [6.45, 7) is 4.26. The van der Waals surface area contributed by atoms with Crippen molar-refractivity contribution in [2.45, 2.75) is 51.2 Å². The van der Waals surface area contributed by atoms with Crippen LogP contribution in [0.5, 0.6) is 0 Å². The summed E-state index contributed by atoms with van der Waals surface area (Å²) < 4.78 is 5.45. The third-order valence-electron chi connectivity index (χ3n) is 3.95. The maximum absolute atomic E-state index is 12.0. The number of nitrogens with one attached hydrogen (secondary N) is 2.